The van der Waals surface area contributed by atoms with Crippen LogP contribution in [0.15, 0.2) is 0 Å². The van der Waals surface area contributed by atoms with Gasteiger partial charge in [0.2, 0.25) is 29.5 Å². The first-order chi connectivity index (χ1) is 17.4. The Balaban J connectivity index is 4.39. The van der Waals surface area contributed by atoms with Gasteiger partial charge in [-0.25, -0.2) is 4.57 Å². The van der Waals surface area contributed by atoms with E-state index in [-0.39, 0.29) is 82.1 Å². The van der Waals surface area contributed by atoms with Crippen LogP contribution in [0.1, 0.15) is 32.6 Å². The van der Waals surface area contributed by atoms with Crippen molar-refractivity contribution in [2.45, 2.75) is 45.2 Å². The molecule has 210 valence electrons. The first kappa shape index (κ1) is 34.6. The van der Waals surface area contributed by atoms with Crippen LogP contribution in [0.3, 0.4) is 0 Å². The van der Waals surface area contributed by atoms with Crippen LogP contribution in [0.25, 0.3) is 0 Å². The van der Waals surface area contributed by atoms with E-state index in [1.807, 2.05) is 0 Å². The van der Waals surface area contributed by atoms with Gasteiger partial charge in [-0.1, -0.05) is 12.8 Å². The SMILES string of the molecule is BCC(=O)N(CCNC(C)=O)CC(=O)NCCN(CC(=O)NCCCCCCOP(=O)(O)O)C(=O)CB. The maximum absolute atomic E-state index is 12.3. The summed E-state index contributed by atoms with van der Waals surface area (Å²) in [6, 6.07) is 0. The molecule has 5 N–H and O–H groups in total. The Morgan fingerprint density at radius 2 is 1.22 bits per heavy atom. The standard InChI is InChI=1S/C20H40B2N5O9P/c1-16(28)23-7-9-26(19(31)12-21)15-18(30)25-8-10-27(20(32)13-22)14-17(29)24-6-4-2-3-5-11-36-37(33,34)35/h2-15,21-22H2,1H3,(H,23,28)(H,24,29)(H,25,30)(H2,33,34,35). The van der Waals surface area contributed by atoms with E-state index >= 15 is 0 Å². The highest BCUT2D eigenvalue weighted by molar-refractivity contribution is 7.46. The number of hydrogen-bond acceptors (Lipinski definition) is 7. The van der Waals surface area contributed by atoms with Gasteiger partial charge in [0, 0.05) is 39.6 Å². The number of nitrogens with zero attached hydrogens (tertiary/aromatic N) is 2. The fourth-order valence-corrected chi connectivity index (χ4v) is 3.55. The van der Waals surface area contributed by atoms with Crippen molar-refractivity contribution in [3.63, 3.8) is 0 Å². The second-order valence-corrected chi connectivity index (χ2v) is 9.50. The highest BCUT2D eigenvalue weighted by atomic mass is 31.2. The van der Waals surface area contributed by atoms with Crippen LogP contribution in [0, 0.1) is 0 Å². The van der Waals surface area contributed by atoms with Crippen molar-refractivity contribution in [2.24, 2.45) is 0 Å². The van der Waals surface area contributed by atoms with Gasteiger partial charge in [0.25, 0.3) is 0 Å². The molecular weight excluding hydrogens is 507 g/mol. The molecule has 14 nitrogen and oxygen atoms in total. The lowest BCUT2D eigenvalue weighted by atomic mass is 10.0. The van der Waals surface area contributed by atoms with E-state index in [2.05, 4.69) is 20.5 Å². The van der Waals surface area contributed by atoms with Crippen molar-refractivity contribution in [1.82, 2.24) is 25.8 Å². The molecule has 0 spiro atoms. The maximum atomic E-state index is 12.3. The van der Waals surface area contributed by atoms with Gasteiger partial charge in [-0.05, 0) is 25.5 Å². The molecule has 17 heteroatoms. The molecule has 0 unspecified atom stereocenters. The Bertz CT molecular complexity index is 800. The summed E-state index contributed by atoms with van der Waals surface area (Å²) in [6.07, 6.45) is 2.98. The molecule has 0 aromatic carbocycles. The van der Waals surface area contributed by atoms with Crippen LogP contribution in [-0.2, 0) is 33.1 Å². The summed E-state index contributed by atoms with van der Waals surface area (Å²) in [6.45, 7) is 2.03. The van der Waals surface area contributed by atoms with E-state index in [0.29, 0.717) is 25.8 Å². The lowest BCUT2D eigenvalue weighted by molar-refractivity contribution is -0.135. The second kappa shape index (κ2) is 19.7. The molecule has 0 aliphatic heterocycles. The molecule has 0 fully saturated rings. The van der Waals surface area contributed by atoms with E-state index < -0.39 is 13.7 Å². The normalized spacial score (nSPS) is 10.9. The topological polar surface area (TPSA) is 195 Å². The number of rotatable bonds is 20. The monoisotopic (exact) mass is 547 g/mol. The zero-order chi connectivity index (χ0) is 28.3. The first-order valence-corrected chi connectivity index (χ1v) is 14.0. The summed E-state index contributed by atoms with van der Waals surface area (Å²) in [5.41, 5.74) is 0. The van der Waals surface area contributed by atoms with Crippen molar-refractivity contribution < 1.29 is 42.8 Å². The van der Waals surface area contributed by atoms with Gasteiger partial charge in [-0.15, -0.1) is 0 Å². The average molecular weight is 547 g/mol. The average Bonchev–Trinajstić information content (AvgIpc) is 2.82. The van der Waals surface area contributed by atoms with Crippen LogP contribution in [0.4, 0.5) is 0 Å². The third kappa shape index (κ3) is 19.4. The van der Waals surface area contributed by atoms with Crippen molar-refractivity contribution in [2.75, 3.05) is 52.4 Å². The molecule has 0 aromatic heterocycles. The number of phosphoric acid groups is 1. The summed E-state index contributed by atoms with van der Waals surface area (Å²) in [5, 5.41) is 7.96. The zero-order valence-electron chi connectivity index (χ0n) is 22.0. The van der Waals surface area contributed by atoms with Crippen LogP contribution in [0.5, 0.6) is 0 Å². The molecule has 0 saturated carbocycles. The summed E-state index contributed by atoms with van der Waals surface area (Å²) in [5.74, 6) is -1.45. The quantitative estimate of drug-likeness (QED) is 0.0592. The van der Waals surface area contributed by atoms with Gasteiger partial charge in [-0.3, -0.25) is 28.5 Å². The summed E-state index contributed by atoms with van der Waals surface area (Å²) in [4.78, 5) is 79.8. The Morgan fingerprint density at radius 1 is 0.757 bits per heavy atom. The lowest BCUT2D eigenvalue weighted by Gasteiger charge is -2.24. The molecule has 0 heterocycles. The van der Waals surface area contributed by atoms with Crippen LogP contribution < -0.4 is 16.0 Å². The summed E-state index contributed by atoms with van der Waals surface area (Å²) < 4.78 is 14.9. The summed E-state index contributed by atoms with van der Waals surface area (Å²) in [7, 11) is -1.09. The van der Waals surface area contributed by atoms with Crippen molar-refractivity contribution in [3.05, 3.63) is 0 Å². The number of amides is 5. The van der Waals surface area contributed by atoms with Gasteiger partial charge >= 0.3 is 7.82 Å². The molecule has 0 aliphatic rings. The first-order valence-electron chi connectivity index (χ1n) is 12.4. The predicted molar refractivity (Wildman–Crippen MR) is 141 cm³/mol. The zero-order valence-corrected chi connectivity index (χ0v) is 22.9. The smallest absolute Gasteiger partial charge is 0.355 e. The fraction of sp³-hybridized carbons (Fsp3) is 0.750. The molecule has 0 rings (SSSR count). The highest BCUT2D eigenvalue weighted by Crippen LogP contribution is 2.35. The third-order valence-electron chi connectivity index (χ3n) is 5.09. The maximum Gasteiger partial charge on any atom is 0.469 e. The van der Waals surface area contributed by atoms with E-state index in [4.69, 9.17) is 9.79 Å². The second-order valence-electron chi connectivity index (χ2n) is 8.26. The number of phosphoric ester groups is 1. The lowest BCUT2D eigenvalue weighted by Crippen LogP contribution is -2.47. The minimum absolute atomic E-state index is 0.0364. The Hall–Kier alpha value is -2.41. The molecule has 0 saturated heterocycles. The summed E-state index contributed by atoms with van der Waals surface area (Å²) >= 11 is 0. The predicted octanol–water partition coefficient (Wildman–Crippen LogP) is -3.22. The number of hydrogen-bond donors (Lipinski definition) is 5. The molecule has 0 radical (unpaired) electrons. The minimum atomic E-state index is -4.44. The van der Waals surface area contributed by atoms with Crippen LogP contribution >= 0.6 is 7.82 Å². The number of unbranched alkanes of at least 4 members (excludes halogenated alkanes) is 3. The molecule has 0 atom stereocenters. The van der Waals surface area contributed by atoms with E-state index in [1.54, 1.807) is 15.7 Å². The van der Waals surface area contributed by atoms with Crippen LogP contribution in [-0.4, -0.2) is 117 Å². The van der Waals surface area contributed by atoms with Gasteiger partial charge < -0.3 is 35.5 Å². The molecule has 0 bridgehead atoms. The molecule has 37 heavy (non-hydrogen) atoms. The Kier molecular flexibility index (Phi) is 18.4. The number of nitrogens with one attached hydrogen (secondary N) is 3. The van der Waals surface area contributed by atoms with Gasteiger partial charge in [-0.2, -0.15) is 0 Å². The van der Waals surface area contributed by atoms with E-state index in [0.717, 1.165) is 6.42 Å². The number of carbonyl (C=O) groups excluding carboxylic acids is 5. The van der Waals surface area contributed by atoms with Gasteiger partial charge in [0.15, 0.2) is 0 Å². The minimum Gasteiger partial charge on any atom is -0.355 e. The van der Waals surface area contributed by atoms with E-state index in [9.17, 15) is 28.5 Å². The van der Waals surface area contributed by atoms with E-state index in [1.165, 1.54) is 16.7 Å². The van der Waals surface area contributed by atoms with Gasteiger partial charge in [0.1, 0.15) is 15.7 Å². The van der Waals surface area contributed by atoms with Crippen LogP contribution in [0.2, 0.25) is 12.6 Å². The van der Waals surface area contributed by atoms with Crippen molar-refractivity contribution >= 4 is 53.1 Å². The Labute approximate surface area is 219 Å². The fourth-order valence-electron chi connectivity index (χ4n) is 3.18. The highest BCUT2D eigenvalue weighted by Gasteiger charge is 2.18. The molecule has 5 amide bonds. The Morgan fingerprint density at radius 3 is 1.68 bits per heavy atom. The molecular formula is C20H40B2N5O9P. The molecule has 0 aromatic rings. The van der Waals surface area contributed by atoms with Crippen molar-refractivity contribution in [3.8, 4) is 0 Å². The number of carbonyl (C=O) groups is 5. The largest absolute Gasteiger partial charge is 0.469 e. The van der Waals surface area contributed by atoms with Gasteiger partial charge in [0.05, 0.1) is 19.7 Å². The van der Waals surface area contributed by atoms with Crippen molar-refractivity contribution in [1.29, 1.82) is 0 Å². The molecule has 0 aliphatic carbocycles. The third-order valence-corrected chi connectivity index (χ3v) is 5.61.